The number of carbonyl (C=O) groups excluding carboxylic acids is 2. The number of hydrogen-bond donors (Lipinski definition) is 0. The molecule has 0 fully saturated rings. The summed E-state index contributed by atoms with van der Waals surface area (Å²) in [5.74, 6) is 0.0252. The maximum Gasteiger partial charge on any atom is 0.338 e. The summed E-state index contributed by atoms with van der Waals surface area (Å²) in [5.41, 5.74) is 2.69. The number of aromatic nitrogens is 1. The fourth-order valence-corrected chi connectivity index (χ4v) is 3.40. The van der Waals surface area contributed by atoms with Gasteiger partial charge in [-0.05, 0) is 54.9 Å². The molecule has 7 heteroatoms. The zero-order chi connectivity index (χ0) is 19.4. The van der Waals surface area contributed by atoms with Crippen molar-refractivity contribution in [2.24, 2.45) is 0 Å². The number of halogens is 1. The van der Waals surface area contributed by atoms with Gasteiger partial charge in [-0.2, -0.15) is 0 Å². The van der Waals surface area contributed by atoms with Crippen LogP contribution in [0.1, 0.15) is 39.0 Å². The van der Waals surface area contributed by atoms with Gasteiger partial charge in [-0.1, -0.05) is 0 Å². The monoisotopic (exact) mass is 423 g/mol. The number of Topliss-reactive ketones (excluding diaryl/α,β-unsaturated/α-hetero) is 1. The highest BCUT2D eigenvalue weighted by Gasteiger charge is 2.19. The molecule has 0 amide bonds. The quantitative estimate of drug-likeness (QED) is 0.498. The third-order valence-electron chi connectivity index (χ3n) is 4.21. The predicted molar refractivity (Wildman–Crippen MR) is 101 cm³/mol. The number of ether oxygens (including phenoxy) is 3. The molecule has 1 aromatic heterocycles. The third-order valence-corrected chi connectivity index (χ3v) is 4.99. The summed E-state index contributed by atoms with van der Waals surface area (Å²) in [4.78, 5) is 24.8. The van der Waals surface area contributed by atoms with Gasteiger partial charge in [0.05, 0.1) is 19.8 Å². The van der Waals surface area contributed by atoms with Crippen molar-refractivity contribution in [3.8, 4) is 11.5 Å². The molecule has 0 atom stereocenters. The van der Waals surface area contributed by atoms with Gasteiger partial charge in [-0.15, -0.1) is 0 Å². The molecule has 0 aliphatic rings. The van der Waals surface area contributed by atoms with Crippen LogP contribution in [0.3, 0.4) is 0 Å². The van der Waals surface area contributed by atoms with Crippen LogP contribution in [0.15, 0.2) is 22.7 Å². The normalized spacial score (nSPS) is 10.5. The van der Waals surface area contributed by atoms with Gasteiger partial charge in [-0.3, -0.25) is 4.79 Å². The highest BCUT2D eigenvalue weighted by molar-refractivity contribution is 9.10. The van der Waals surface area contributed by atoms with E-state index in [9.17, 15) is 9.59 Å². The van der Waals surface area contributed by atoms with Gasteiger partial charge < -0.3 is 18.8 Å². The Morgan fingerprint density at radius 3 is 2.12 bits per heavy atom. The van der Waals surface area contributed by atoms with Crippen molar-refractivity contribution in [2.75, 3.05) is 20.8 Å². The molecule has 0 saturated heterocycles. The van der Waals surface area contributed by atoms with Gasteiger partial charge in [0.1, 0.15) is 16.0 Å². The lowest BCUT2D eigenvalue weighted by atomic mass is 10.1. The molecule has 0 saturated carbocycles. The number of carbonyl (C=O) groups is 2. The van der Waals surface area contributed by atoms with Crippen LogP contribution in [-0.2, 0) is 11.3 Å². The Morgan fingerprint density at radius 1 is 1.08 bits per heavy atom. The zero-order valence-corrected chi connectivity index (χ0v) is 17.1. The van der Waals surface area contributed by atoms with E-state index in [1.165, 1.54) is 26.4 Å². The minimum atomic E-state index is -0.619. The Bertz CT molecular complexity index is 816. The lowest BCUT2D eigenvalue weighted by molar-refractivity contribution is 0.0474. The van der Waals surface area contributed by atoms with Crippen molar-refractivity contribution in [2.45, 2.75) is 27.3 Å². The minimum absolute atomic E-state index is 0.234. The van der Waals surface area contributed by atoms with Gasteiger partial charge in [-0.25, -0.2) is 4.79 Å². The fourth-order valence-electron chi connectivity index (χ4n) is 2.85. The smallest absolute Gasteiger partial charge is 0.338 e. The Labute approximate surface area is 161 Å². The first-order chi connectivity index (χ1) is 12.3. The molecule has 0 aliphatic heterocycles. The van der Waals surface area contributed by atoms with Crippen molar-refractivity contribution in [1.82, 2.24) is 4.57 Å². The number of ketones is 1. The molecule has 1 aromatic carbocycles. The Balaban J connectivity index is 2.15. The van der Waals surface area contributed by atoms with Crippen molar-refractivity contribution < 1.29 is 23.8 Å². The van der Waals surface area contributed by atoms with Crippen molar-refractivity contribution in [3.05, 3.63) is 45.2 Å². The predicted octanol–water partition coefficient (Wildman–Crippen LogP) is 3.94. The molecule has 0 spiro atoms. The molecule has 0 radical (unpaired) electrons. The summed E-state index contributed by atoms with van der Waals surface area (Å²) in [7, 11) is 2.98. The number of rotatable bonds is 7. The molecule has 0 N–H and O–H groups in total. The number of esters is 1. The molecule has 6 nitrogen and oxygen atoms in total. The van der Waals surface area contributed by atoms with E-state index in [2.05, 4.69) is 15.9 Å². The van der Waals surface area contributed by atoms with E-state index < -0.39 is 5.97 Å². The number of hydrogen-bond acceptors (Lipinski definition) is 5. The molecule has 0 aliphatic carbocycles. The van der Waals surface area contributed by atoms with E-state index >= 15 is 0 Å². The Hall–Kier alpha value is -2.28. The average molecular weight is 424 g/mol. The van der Waals surface area contributed by atoms with E-state index in [1.54, 1.807) is 0 Å². The van der Waals surface area contributed by atoms with E-state index in [0.717, 1.165) is 17.9 Å². The first-order valence-electron chi connectivity index (χ1n) is 8.12. The first kappa shape index (κ1) is 20.0. The maximum absolute atomic E-state index is 12.4. The number of nitrogens with zero attached hydrogens (tertiary/aromatic N) is 1. The maximum atomic E-state index is 12.4. The summed E-state index contributed by atoms with van der Waals surface area (Å²) in [6, 6.07) is 4.88. The van der Waals surface area contributed by atoms with Crippen LogP contribution in [0.5, 0.6) is 11.5 Å². The molecule has 0 bridgehead atoms. The molecule has 1 heterocycles. The van der Waals surface area contributed by atoms with Gasteiger partial charge in [0.2, 0.25) is 5.78 Å². The summed E-state index contributed by atoms with van der Waals surface area (Å²) >= 11 is 3.34. The van der Waals surface area contributed by atoms with Gasteiger partial charge in [0, 0.05) is 23.5 Å². The SMILES string of the molecule is CCn1c(C)cc(C(=O)COC(=O)c2cc(OC)c(Br)c(OC)c2)c1C. The average Bonchev–Trinajstić information content (AvgIpc) is 2.93. The van der Waals surface area contributed by atoms with E-state index in [0.29, 0.717) is 21.5 Å². The third kappa shape index (κ3) is 3.93. The molecule has 140 valence electrons. The standard InChI is InChI=1S/C19H22BrNO5/c1-6-21-11(2)7-14(12(21)3)15(22)10-26-19(23)13-8-16(24-4)18(20)17(9-13)25-5/h7-9H,6,10H2,1-5H3. The second-order valence-corrected chi connectivity index (χ2v) is 6.52. The van der Waals surface area contributed by atoms with Crippen LogP contribution < -0.4 is 9.47 Å². The second-order valence-electron chi connectivity index (χ2n) is 5.72. The van der Waals surface area contributed by atoms with E-state index in [-0.39, 0.29) is 18.0 Å². The second kappa shape index (κ2) is 8.40. The molecule has 2 aromatic rings. The lowest BCUT2D eigenvalue weighted by Crippen LogP contribution is -2.15. The molecular formula is C19H22BrNO5. The highest BCUT2D eigenvalue weighted by Crippen LogP contribution is 2.35. The summed E-state index contributed by atoms with van der Waals surface area (Å²) in [5, 5.41) is 0. The number of benzene rings is 1. The van der Waals surface area contributed by atoms with Crippen LogP contribution in [0.4, 0.5) is 0 Å². The van der Waals surface area contributed by atoms with Crippen LogP contribution in [0.25, 0.3) is 0 Å². The largest absolute Gasteiger partial charge is 0.495 e. The fraction of sp³-hybridized carbons (Fsp3) is 0.368. The van der Waals surface area contributed by atoms with Crippen molar-refractivity contribution in [1.29, 1.82) is 0 Å². The van der Waals surface area contributed by atoms with Gasteiger partial charge >= 0.3 is 5.97 Å². The Kier molecular flexibility index (Phi) is 6.47. The number of aryl methyl sites for hydroxylation is 1. The van der Waals surface area contributed by atoms with Crippen molar-refractivity contribution >= 4 is 27.7 Å². The molecule has 2 rings (SSSR count). The zero-order valence-electron chi connectivity index (χ0n) is 15.5. The first-order valence-corrected chi connectivity index (χ1v) is 8.91. The van der Waals surface area contributed by atoms with Gasteiger partial charge in [0.25, 0.3) is 0 Å². The molecular weight excluding hydrogens is 402 g/mol. The van der Waals surface area contributed by atoms with E-state index in [4.69, 9.17) is 14.2 Å². The highest BCUT2D eigenvalue weighted by atomic mass is 79.9. The summed E-state index contributed by atoms with van der Waals surface area (Å²) < 4.78 is 18.3. The van der Waals surface area contributed by atoms with Crippen molar-refractivity contribution in [3.63, 3.8) is 0 Å². The van der Waals surface area contributed by atoms with Crippen LogP contribution in [0.2, 0.25) is 0 Å². The minimum Gasteiger partial charge on any atom is -0.495 e. The van der Waals surface area contributed by atoms with Crippen LogP contribution in [-0.4, -0.2) is 37.1 Å². The summed E-state index contributed by atoms with van der Waals surface area (Å²) in [6.07, 6.45) is 0. The topological polar surface area (TPSA) is 66.8 Å². The number of methoxy groups -OCH3 is 2. The molecule has 26 heavy (non-hydrogen) atoms. The van der Waals surface area contributed by atoms with E-state index in [1.807, 2.05) is 31.4 Å². The van der Waals surface area contributed by atoms with Crippen LogP contribution in [0, 0.1) is 13.8 Å². The van der Waals surface area contributed by atoms with Crippen LogP contribution >= 0.6 is 15.9 Å². The summed E-state index contributed by atoms with van der Waals surface area (Å²) in [6.45, 7) is 6.30. The molecule has 0 unspecified atom stereocenters. The lowest BCUT2D eigenvalue weighted by Gasteiger charge is -2.11. The Morgan fingerprint density at radius 2 is 1.65 bits per heavy atom. The van der Waals surface area contributed by atoms with Gasteiger partial charge in [0.15, 0.2) is 6.61 Å².